The third-order valence-electron chi connectivity index (χ3n) is 2.95. The Morgan fingerprint density at radius 3 is 2.67 bits per heavy atom. The highest BCUT2D eigenvalue weighted by Gasteiger charge is 2.19. The second-order valence-corrected chi connectivity index (χ2v) is 4.89. The van der Waals surface area contributed by atoms with Crippen molar-refractivity contribution >= 4 is 17.5 Å². The van der Waals surface area contributed by atoms with Gasteiger partial charge in [0.2, 0.25) is 0 Å². The Hall–Kier alpha value is -2.63. The molecule has 0 unspecified atom stereocenters. The highest BCUT2D eigenvalue weighted by molar-refractivity contribution is 6.21. The molecule has 0 N–H and O–H groups in total. The summed E-state index contributed by atoms with van der Waals surface area (Å²) in [6.45, 7) is 5.57. The molecule has 0 fully saturated rings. The third kappa shape index (κ3) is 3.47. The highest BCUT2D eigenvalue weighted by Crippen LogP contribution is 2.19. The van der Waals surface area contributed by atoms with Crippen LogP contribution in [0.25, 0.3) is 0 Å². The minimum atomic E-state index is -0.695. The quantitative estimate of drug-likeness (QED) is 0.482. The van der Waals surface area contributed by atoms with E-state index >= 15 is 0 Å². The minimum absolute atomic E-state index is 0.0401. The maximum atomic E-state index is 11.8. The van der Waals surface area contributed by atoms with E-state index in [1.165, 1.54) is 24.7 Å². The molecule has 0 saturated heterocycles. The van der Waals surface area contributed by atoms with E-state index in [1.54, 1.807) is 13.0 Å². The smallest absolute Gasteiger partial charge is 0.310 e. The van der Waals surface area contributed by atoms with Crippen LogP contribution in [0, 0.1) is 5.92 Å². The minimum Gasteiger partial charge on any atom is -0.310 e. The topological polar surface area (TPSA) is 81.5 Å². The molecule has 108 valence electrons. The van der Waals surface area contributed by atoms with E-state index in [2.05, 4.69) is 15.1 Å². The fourth-order valence-electron chi connectivity index (χ4n) is 1.78. The van der Waals surface area contributed by atoms with Crippen LogP contribution in [0.15, 0.2) is 47.0 Å². The third-order valence-corrected chi connectivity index (χ3v) is 2.95. The second-order valence-electron chi connectivity index (χ2n) is 4.89. The number of nitrogens with zero attached hydrogens (tertiary/aromatic N) is 3. The molecule has 0 amide bonds. The first-order chi connectivity index (χ1) is 9.99. The zero-order valence-corrected chi connectivity index (χ0v) is 12.0. The lowest BCUT2D eigenvalue weighted by Gasteiger charge is -2.14. The molecule has 0 aliphatic heterocycles. The van der Waals surface area contributed by atoms with Gasteiger partial charge in [-0.15, -0.1) is 0 Å². The molecule has 1 heterocycles. The number of allylic oxidation sites excluding steroid dienone is 4. The van der Waals surface area contributed by atoms with Crippen LogP contribution in [0.5, 0.6) is 0 Å². The predicted octanol–water partition coefficient (Wildman–Crippen LogP) is 2.10. The average molecular weight is 285 g/mol. The van der Waals surface area contributed by atoms with Gasteiger partial charge in [0.15, 0.2) is 11.5 Å². The van der Waals surface area contributed by atoms with Crippen molar-refractivity contribution in [3.8, 4) is 0 Å². The molecular formula is C15H15N3O3. The van der Waals surface area contributed by atoms with E-state index in [0.717, 1.165) is 0 Å². The maximum Gasteiger partial charge on any atom is 0.385 e. The van der Waals surface area contributed by atoms with Gasteiger partial charge in [0.05, 0.1) is 6.20 Å². The zero-order chi connectivity index (χ0) is 15.4. The van der Waals surface area contributed by atoms with Gasteiger partial charge in [0.25, 0.3) is 0 Å². The summed E-state index contributed by atoms with van der Waals surface area (Å²) in [6, 6.07) is 0. The number of rotatable bonds is 3. The first-order valence-corrected chi connectivity index (χ1v) is 6.49. The maximum absolute atomic E-state index is 11.8. The van der Waals surface area contributed by atoms with Gasteiger partial charge in [-0.1, -0.05) is 19.0 Å². The monoisotopic (exact) mass is 285 g/mol. The Labute approximate surface area is 122 Å². The largest absolute Gasteiger partial charge is 0.385 e. The van der Waals surface area contributed by atoms with Crippen molar-refractivity contribution in [1.82, 2.24) is 9.97 Å². The normalized spacial score (nSPS) is 16.8. The second kappa shape index (κ2) is 6.21. The van der Waals surface area contributed by atoms with Crippen molar-refractivity contribution in [1.29, 1.82) is 0 Å². The molecule has 0 aromatic carbocycles. The van der Waals surface area contributed by atoms with Gasteiger partial charge in [-0.05, 0) is 30.6 Å². The van der Waals surface area contributed by atoms with Crippen LogP contribution in [-0.2, 0) is 9.63 Å². The lowest BCUT2D eigenvalue weighted by atomic mass is 9.90. The number of ketones is 1. The molecule has 0 bridgehead atoms. The van der Waals surface area contributed by atoms with E-state index in [4.69, 9.17) is 4.84 Å². The fourth-order valence-corrected chi connectivity index (χ4v) is 1.78. The van der Waals surface area contributed by atoms with Crippen LogP contribution in [0.2, 0.25) is 0 Å². The Bertz CT molecular complexity index is 658. The Kier molecular flexibility index (Phi) is 4.37. The molecule has 2 rings (SSSR count). The van der Waals surface area contributed by atoms with E-state index in [9.17, 15) is 9.59 Å². The number of hydrogen-bond donors (Lipinski definition) is 0. The van der Waals surface area contributed by atoms with Crippen LogP contribution in [0.1, 0.15) is 31.3 Å². The first-order valence-electron chi connectivity index (χ1n) is 6.49. The van der Waals surface area contributed by atoms with Crippen LogP contribution < -0.4 is 0 Å². The van der Waals surface area contributed by atoms with Gasteiger partial charge in [0, 0.05) is 18.0 Å². The molecule has 0 atom stereocenters. The van der Waals surface area contributed by atoms with Crippen LogP contribution in [-0.4, -0.2) is 27.4 Å². The van der Waals surface area contributed by atoms with Gasteiger partial charge >= 0.3 is 5.97 Å². The number of aromatic nitrogens is 2. The molecule has 1 aromatic heterocycles. The van der Waals surface area contributed by atoms with E-state index < -0.39 is 5.97 Å². The van der Waals surface area contributed by atoms with Gasteiger partial charge in [0.1, 0.15) is 5.71 Å². The molecule has 0 saturated carbocycles. The summed E-state index contributed by atoms with van der Waals surface area (Å²) in [5.41, 5.74) is 1.81. The number of hydrogen-bond acceptors (Lipinski definition) is 6. The van der Waals surface area contributed by atoms with E-state index in [0.29, 0.717) is 16.9 Å². The molecule has 1 aromatic rings. The van der Waals surface area contributed by atoms with Crippen LogP contribution in [0.4, 0.5) is 0 Å². The number of oxime groups is 1. The molecular weight excluding hydrogens is 270 g/mol. The summed E-state index contributed by atoms with van der Waals surface area (Å²) in [6.07, 6.45) is 7.28. The Morgan fingerprint density at radius 1 is 1.29 bits per heavy atom. The van der Waals surface area contributed by atoms with Crippen molar-refractivity contribution in [2.45, 2.75) is 20.8 Å². The van der Waals surface area contributed by atoms with Crippen LogP contribution >= 0.6 is 0 Å². The van der Waals surface area contributed by atoms with E-state index in [-0.39, 0.29) is 17.4 Å². The number of carbonyl (C=O) groups is 2. The highest BCUT2D eigenvalue weighted by atomic mass is 16.7. The van der Waals surface area contributed by atoms with Gasteiger partial charge < -0.3 is 4.84 Å². The molecule has 6 heteroatoms. The molecule has 0 radical (unpaired) electrons. The van der Waals surface area contributed by atoms with Crippen molar-refractivity contribution < 1.29 is 14.4 Å². The summed E-state index contributed by atoms with van der Waals surface area (Å²) >= 11 is 0. The Morgan fingerprint density at radius 2 is 2.05 bits per heavy atom. The van der Waals surface area contributed by atoms with E-state index in [1.807, 2.05) is 13.8 Å². The fraction of sp³-hybridized carbons (Fsp3) is 0.267. The van der Waals surface area contributed by atoms with Crippen molar-refractivity contribution in [3.63, 3.8) is 0 Å². The average Bonchev–Trinajstić information content (AvgIpc) is 2.46. The summed E-state index contributed by atoms with van der Waals surface area (Å²) in [4.78, 5) is 36.0. The van der Waals surface area contributed by atoms with Crippen molar-refractivity contribution in [2.75, 3.05) is 0 Å². The standard InChI is InChI=1S/C15H15N3O3/c1-9(2)11-7-12(10(3)6-14(11)19)18-21-15(20)13-8-16-4-5-17-13/h4-9H,1-3H3/b18-12-. The molecule has 1 aliphatic carbocycles. The summed E-state index contributed by atoms with van der Waals surface area (Å²) in [5, 5.41) is 3.81. The summed E-state index contributed by atoms with van der Waals surface area (Å²) in [7, 11) is 0. The van der Waals surface area contributed by atoms with Crippen molar-refractivity contribution in [3.05, 3.63) is 47.6 Å². The number of carbonyl (C=O) groups excluding carboxylic acids is 2. The summed E-state index contributed by atoms with van der Waals surface area (Å²) in [5.74, 6) is -0.663. The predicted molar refractivity (Wildman–Crippen MR) is 76.6 cm³/mol. The summed E-state index contributed by atoms with van der Waals surface area (Å²) < 4.78 is 0. The van der Waals surface area contributed by atoms with Crippen molar-refractivity contribution in [2.24, 2.45) is 11.1 Å². The van der Waals surface area contributed by atoms with Gasteiger partial charge in [-0.3, -0.25) is 9.78 Å². The zero-order valence-electron chi connectivity index (χ0n) is 12.0. The molecule has 0 spiro atoms. The molecule has 1 aliphatic rings. The Balaban J connectivity index is 2.19. The lowest BCUT2D eigenvalue weighted by Crippen LogP contribution is -2.16. The SMILES string of the molecule is CC1=CC(=O)C(C(C)C)=C/C1=N/OC(=O)c1cnccn1. The lowest BCUT2D eigenvalue weighted by molar-refractivity contribution is -0.111. The van der Waals surface area contributed by atoms with Gasteiger partial charge in [-0.2, -0.15) is 0 Å². The van der Waals surface area contributed by atoms with Gasteiger partial charge in [-0.25, -0.2) is 9.78 Å². The molecule has 6 nitrogen and oxygen atoms in total. The van der Waals surface area contributed by atoms with Crippen LogP contribution in [0.3, 0.4) is 0 Å². The first kappa shape index (κ1) is 14.8. The molecule has 21 heavy (non-hydrogen) atoms.